The van der Waals surface area contributed by atoms with Crippen molar-refractivity contribution in [3.05, 3.63) is 41.1 Å². The van der Waals surface area contributed by atoms with E-state index < -0.39 is 0 Å². The Balaban J connectivity index is 2.25. The molecule has 0 bridgehead atoms. The minimum Gasteiger partial charge on any atom is -0.361 e. The fraction of sp³-hybridized carbons (Fsp3) is 0.286. The van der Waals surface area contributed by atoms with E-state index in [1.54, 1.807) is 0 Å². The van der Waals surface area contributed by atoms with E-state index in [1.165, 1.54) is 10.9 Å². The van der Waals surface area contributed by atoms with Crippen LogP contribution in [0.1, 0.15) is 19.4 Å². The summed E-state index contributed by atoms with van der Waals surface area (Å²) in [6.07, 6.45) is 6.32. The van der Waals surface area contributed by atoms with Gasteiger partial charge in [0.15, 0.2) is 0 Å². The van der Waals surface area contributed by atoms with Crippen molar-refractivity contribution >= 4 is 28.6 Å². The molecule has 2 aromatic rings. The van der Waals surface area contributed by atoms with Gasteiger partial charge in [0.25, 0.3) is 0 Å². The summed E-state index contributed by atoms with van der Waals surface area (Å²) in [6, 6.07) is 6.30. The molecule has 0 aliphatic rings. The smallest absolute Gasteiger partial charge is 0.0475 e. The lowest BCUT2D eigenvalue weighted by molar-refractivity contribution is 0.663. The maximum atomic E-state index is 5.95. The van der Waals surface area contributed by atoms with Crippen LogP contribution in [0.15, 0.2) is 30.5 Å². The van der Waals surface area contributed by atoms with E-state index in [-0.39, 0.29) is 0 Å². The Morgan fingerprint density at radius 2 is 2.29 bits per heavy atom. The minimum absolute atomic E-state index is 0.386. The molecular formula is C14H17ClN2. The van der Waals surface area contributed by atoms with Gasteiger partial charge in [0, 0.05) is 28.2 Å². The predicted octanol–water partition coefficient (Wildman–Crippen LogP) is 3.83. The predicted molar refractivity (Wildman–Crippen MR) is 75.5 cm³/mol. The minimum atomic E-state index is 0.386. The third-order valence-electron chi connectivity index (χ3n) is 2.77. The zero-order valence-corrected chi connectivity index (χ0v) is 10.9. The van der Waals surface area contributed by atoms with Crippen molar-refractivity contribution in [2.75, 3.05) is 6.54 Å². The van der Waals surface area contributed by atoms with E-state index in [1.807, 2.05) is 24.4 Å². The number of benzene rings is 1. The average Bonchev–Trinajstić information content (AvgIpc) is 2.69. The summed E-state index contributed by atoms with van der Waals surface area (Å²) in [4.78, 5) is 3.23. The van der Waals surface area contributed by atoms with Crippen molar-refractivity contribution in [1.29, 1.82) is 0 Å². The Labute approximate surface area is 107 Å². The quantitative estimate of drug-likeness (QED) is 0.846. The Bertz CT molecular complexity index is 528. The summed E-state index contributed by atoms with van der Waals surface area (Å²) in [6.45, 7) is 5.23. The van der Waals surface area contributed by atoms with Crippen LogP contribution in [0.25, 0.3) is 17.0 Å². The van der Waals surface area contributed by atoms with E-state index in [9.17, 15) is 0 Å². The van der Waals surface area contributed by atoms with Crippen molar-refractivity contribution in [3.63, 3.8) is 0 Å². The second-order valence-corrected chi connectivity index (χ2v) is 4.58. The Kier molecular flexibility index (Phi) is 3.87. The Morgan fingerprint density at radius 3 is 3.06 bits per heavy atom. The molecule has 0 radical (unpaired) electrons. The first kappa shape index (κ1) is 12.2. The average molecular weight is 249 g/mol. The lowest BCUT2D eigenvalue weighted by Gasteiger charge is -2.05. The number of halogens is 1. The number of nitrogens with one attached hydrogen (secondary N) is 2. The molecule has 0 saturated heterocycles. The van der Waals surface area contributed by atoms with Gasteiger partial charge in [-0.2, -0.15) is 0 Å². The van der Waals surface area contributed by atoms with E-state index in [4.69, 9.17) is 11.6 Å². The highest BCUT2D eigenvalue weighted by molar-refractivity contribution is 6.31. The number of hydrogen-bond acceptors (Lipinski definition) is 1. The maximum absolute atomic E-state index is 5.95. The molecule has 90 valence electrons. The van der Waals surface area contributed by atoms with Gasteiger partial charge in [-0.15, -0.1) is 0 Å². The summed E-state index contributed by atoms with van der Waals surface area (Å²) in [5.41, 5.74) is 2.27. The Morgan fingerprint density at radius 1 is 1.47 bits per heavy atom. The number of aromatic nitrogens is 1. The summed E-state index contributed by atoms with van der Waals surface area (Å²) >= 11 is 5.95. The van der Waals surface area contributed by atoms with Crippen LogP contribution in [0.5, 0.6) is 0 Å². The molecule has 1 heterocycles. The Hall–Kier alpha value is -1.25. The molecular weight excluding hydrogens is 232 g/mol. The second kappa shape index (κ2) is 5.39. The highest BCUT2D eigenvalue weighted by Crippen LogP contribution is 2.22. The molecule has 1 aromatic carbocycles. The van der Waals surface area contributed by atoms with Gasteiger partial charge >= 0.3 is 0 Å². The van der Waals surface area contributed by atoms with Gasteiger partial charge < -0.3 is 10.3 Å². The van der Waals surface area contributed by atoms with Crippen molar-refractivity contribution in [2.45, 2.75) is 19.9 Å². The summed E-state index contributed by atoms with van der Waals surface area (Å²) in [5, 5.41) is 5.31. The summed E-state index contributed by atoms with van der Waals surface area (Å²) in [7, 11) is 0. The first-order valence-electron chi connectivity index (χ1n) is 5.89. The largest absolute Gasteiger partial charge is 0.361 e. The van der Waals surface area contributed by atoms with E-state index in [2.05, 4.69) is 36.3 Å². The van der Waals surface area contributed by atoms with Crippen LogP contribution >= 0.6 is 11.6 Å². The van der Waals surface area contributed by atoms with Crippen molar-refractivity contribution < 1.29 is 0 Å². The molecule has 2 nitrogen and oxygen atoms in total. The number of fused-ring (bicyclic) bond motifs is 1. The molecule has 0 amide bonds. The molecule has 17 heavy (non-hydrogen) atoms. The van der Waals surface area contributed by atoms with Gasteiger partial charge in [-0.3, -0.25) is 0 Å². The molecule has 0 fully saturated rings. The first-order valence-corrected chi connectivity index (χ1v) is 6.26. The monoisotopic (exact) mass is 248 g/mol. The van der Waals surface area contributed by atoms with Crippen LogP contribution in [0, 0.1) is 0 Å². The van der Waals surface area contributed by atoms with Crippen molar-refractivity contribution in [2.24, 2.45) is 0 Å². The molecule has 1 unspecified atom stereocenters. The topological polar surface area (TPSA) is 27.8 Å². The van der Waals surface area contributed by atoms with Gasteiger partial charge in [-0.1, -0.05) is 36.7 Å². The molecule has 0 aliphatic carbocycles. The highest BCUT2D eigenvalue weighted by atomic mass is 35.5. The van der Waals surface area contributed by atoms with Crippen LogP contribution < -0.4 is 5.32 Å². The van der Waals surface area contributed by atoms with Gasteiger partial charge in [0.2, 0.25) is 0 Å². The van der Waals surface area contributed by atoms with Crippen LogP contribution in [0.4, 0.5) is 0 Å². The number of H-pyrrole nitrogens is 1. The maximum Gasteiger partial charge on any atom is 0.0475 e. The first-order chi connectivity index (χ1) is 8.20. The van der Waals surface area contributed by atoms with E-state index >= 15 is 0 Å². The lowest BCUT2D eigenvalue weighted by Crippen LogP contribution is -2.22. The summed E-state index contributed by atoms with van der Waals surface area (Å²) < 4.78 is 0. The van der Waals surface area contributed by atoms with Crippen LogP contribution in [-0.2, 0) is 0 Å². The van der Waals surface area contributed by atoms with Gasteiger partial charge in [0.1, 0.15) is 0 Å². The van der Waals surface area contributed by atoms with Crippen molar-refractivity contribution in [3.8, 4) is 0 Å². The zero-order valence-electron chi connectivity index (χ0n) is 10.1. The molecule has 1 aromatic heterocycles. The fourth-order valence-electron chi connectivity index (χ4n) is 1.90. The SMILES string of the molecule is CCNC(C)/C=C/c1c[nH]c2cc(Cl)ccc12. The van der Waals surface area contributed by atoms with E-state index in [0.717, 1.165) is 17.1 Å². The van der Waals surface area contributed by atoms with E-state index in [0.29, 0.717) is 6.04 Å². The zero-order chi connectivity index (χ0) is 12.3. The van der Waals surface area contributed by atoms with Crippen molar-refractivity contribution in [1.82, 2.24) is 10.3 Å². The molecule has 0 spiro atoms. The molecule has 2 rings (SSSR count). The normalized spacial score (nSPS) is 13.6. The molecule has 0 aliphatic heterocycles. The highest BCUT2D eigenvalue weighted by Gasteiger charge is 2.01. The second-order valence-electron chi connectivity index (χ2n) is 4.14. The van der Waals surface area contributed by atoms with Crippen LogP contribution in [0.3, 0.4) is 0 Å². The number of likely N-dealkylation sites (N-methyl/N-ethyl adjacent to an activating group) is 1. The third-order valence-corrected chi connectivity index (χ3v) is 3.00. The van der Waals surface area contributed by atoms with Gasteiger partial charge in [0.05, 0.1) is 0 Å². The molecule has 3 heteroatoms. The standard InChI is InChI=1S/C14H17ClN2/c1-3-16-10(2)4-5-11-9-17-14-8-12(15)6-7-13(11)14/h4-10,16-17H,3H2,1-2H3/b5-4+. The number of rotatable bonds is 4. The van der Waals surface area contributed by atoms with Crippen LogP contribution in [-0.4, -0.2) is 17.6 Å². The fourth-order valence-corrected chi connectivity index (χ4v) is 2.07. The van der Waals surface area contributed by atoms with Gasteiger partial charge in [-0.05, 0) is 31.2 Å². The molecule has 1 atom stereocenters. The van der Waals surface area contributed by atoms with Crippen LogP contribution in [0.2, 0.25) is 5.02 Å². The lowest BCUT2D eigenvalue weighted by atomic mass is 10.1. The number of hydrogen-bond donors (Lipinski definition) is 2. The number of aromatic amines is 1. The molecule has 2 N–H and O–H groups in total. The summed E-state index contributed by atoms with van der Waals surface area (Å²) in [5.74, 6) is 0. The molecule has 0 saturated carbocycles. The third kappa shape index (κ3) is 2.90. The van der Waals surface area contributed by atoms with Gasteiger partial charge in [-0.25, -0.2) is 0 Å².